The lowest BCUT2D eigenvalue weighted by Crippen LogP contribution is -2.43. The van der Waals surface area contributed by atoms with Crippen molar-refractivity contribution in [3.05, 3.63) is 87.9 Å². The molecule has 5 nitrogen and oxygen atoms in total. The molecule has 2 heterocycles. The molecule has 1 unspecified atom stereocenters. The molecule has 1 aliphatic rings. The fourth-order valence-electron chi connectivity index (χ4n) is 4.03. The maximum absolute atomic E-state index is 12.8. The molecule has 0 saturated carbocycles. The lowest BCUT2D eigenvalue weighted by Gasteiger charge is -2.31. The number of thiazole rings is 1. The summed E-state index contributed by atoms with van der Waals surface area (Å²) in [4.78, 5) is 32.1. The molecule has 4 rings (SSSR count). The maximum Gasteiger partial charge on any atom is 0.235 e. The quantitative estimate of drug-likeness (QED) is 0.566. The van der Waals surface area contributed by atoms with Gasteiger partial charge in [-0.2, -0.15) is 0 Å². The second-order valence-electron chi connectivity index (χ2n) is 8.06. The number of benzene rings is 2. The number of carbonyl (C=O) groups excluding carboxylic acids is 2. The maximum atomic E-state index is 12.8. The van der Waals surface area contributed by atoms with Gasteiger partial charge in [-0.3, -0.25) is 14.5 Å². The van der Waals surface area contributed by atoms with Crippen LogP contribution in [0.4, 0.5) is 0 Å². The molecule has 0 aliphatic carbocycles. The molecule has 1 amide bonds. The predicted molar refractivity (Wildman–Crippen MR) is 123 cm³/mol. The van der Waals surface area contributed by atoms with Crippen LogP contribution < -0.4 is 5.32 Å². The van der Waals surface area contributed by atoms with Crippen molar-refractivity contribution in [1.82, 2.24) is 15.2 Å². The fraction of sp³-hybridized carbons (Fsp3) is 0.320. The van der Waals surface area contributed by atoms with Gasteiger partial charge in [-0.25, -0.2) is 4.98 Å². The molecule has 31 heavy (non-hydrogen) atoms. The summed E-state index contributed by atoms with van der Waals surface area (Å²) < 4.78 is 0. The smallest absolute Gasteiger partial charge is 0.235 e. The zero-order valence-corrected chi connectivity index (χ0v) is 18.5. The van der Waals surface area contributed by atoms with Crippen LogP contribution in [-0.4, -0.2) is 41.2 Å². The van der Waals surface area contributed by atoms with E-state index in [1.54, 1.807) is 6.20 Å². The average Bonchev–Trinajstić information content (AvgIpc) is 3.33. The van der Waals surface area contributed by atoms with Gasteiger partial charge in [-0.15, -0.1) is 11.3 Å². The molecule has 0 bridgehead atoms. The van der Waals surface area contributed by atoms with Crippen LogP contribution in [0, 0.1) is 12.8 Å². The van der Waals surface area contributed by atoms with Gasteiger partial charge in [-0.1, -0.05) is 60.2 Å². The Bertz CT molecular complexity index is 995. The van der Waals surface area contributed by atoms with Crippen LogP contribution in [0.1, 0.15) is 45.4 Å². The van der Waals surface area contributed by atoms with Crippen molar-refractivity contribution >= 4 is 23.0 Å². The van der Waals surface area contributed by atoms with Crippen molar-refractivity contribution in [2.45, 2.75) is 25.8 Å². The summed E-state index contributed by atoms with van der Waals surface area (Å²) in [6.45, 7) is 3.86. The van der Waals surface area contributed by atoms with Crippen LogP contribution >= 0.6 is 11.3 Å². The molecule has 6 heteroatoms. The Balaban J connectivity index is 1.32. The summed E-state index contributed by atoms with van der Waals surface area (Å²) in [6.07, 6.45) is 3.33. The van der Waals surface area contributed by atoms with Crippen LogP contribution in [-0.2, 0) is 4.79 Å². The first-order valence-electron chi connectivity index (χ1n) is 10.7. The number of nitrogens with zero attached hydrogens (tertiary/aromatic N) is 2. The normalized spacial score (nSPS) is 16.0. The van der Waals surface area contributed by atoms with Crippen molar-refractivity contribution in [1.29, 1.82) is 0 Å². The first-order valence-corrected chi connectivity index (χ1v) is 11.5. The molecular weight excluding hydrogens is 406 g/mol. The van der Waals surface area contributed by atoms with Gasteiger partial charge in [0.2, 0.25) is 5.91 Å². The topological polar surface area (TPSA) is 62.3 Å². The number of likely N-dealkylation sites (tertiary alicyclic amines) is 1. The van der Waals surface area contributed by atoms with E-state index in [1.807, 2.05) is 66.9 Å². The van der Waals surface area contributed by atoms with Gasteiger partial charge in [0, 0.05) is 23.1 Å². The second-order valence-corrected chi connectivity index (χ2v) is 8.99. The summed E-state index contributed by atoms with van der Waals surface area (Å²) in [7, 11) is 0. The Kier molecular flexibility index (Phi) is 6.89. The zero-order valence-electron chi connectivity index (χ0n) is 17.7. The molecule has 2 aromatic carbocycles. The minimum absolute atomic E-state index is 0.0210. The van der Waals surface area contributed by atoms with E-state index in [0.717, 1.165) is 47.6 Å². The van der Waals surface area contributed by atoms with Gasteiger partial charge >= 0.3 is 0 Å². The van der Waals surface area contributed by atoms with Gasteiger partial charge in [0.15, 0.2) is 5.78 Å². The molecule has 0 spiro atoms. The molecule has 1 aliphatic heterocycles. The SMILES string of the molecule is Cc1ccc(C(=O)C2CCN(CC(=O)NC(c3ccccc3)c3nccs3)CC2)cc1. The van der Waals surface area contributed by atoms with E-state index >= 15 is 0 Å². The Morgan fingerprint density at radius 1 is 1.10 bits per heavy atom. The number of rotatable bonds is 7. The zero-order chi connectivity index (χ0) is 21.6. The highest BCUT2D eigenvalue weighted by atomic mass is 32.1. The molecule has 1 fully saturated rings. The van der Waals surface area contributed by atoms with Crippen molar-refractivity contribution in [3.8, 4) is 0 Å². The van der Waals surface area contributed by atoms with Crippen molar-refractivity contribution in [3.63, 3.8) is 0 Å². The molecule has 160 valence electrons. The van der Waals surface area contributed by atoms with Gasteiger partial charge in [0.05, 0.1) is 6.54 Å². The minimum atomic E-state index is -0.241. The largest absolute Gasteiger partial charge is 0.342 e. The summed E-state index contributed by atoms with van der Waals surface area (Å²) in [5.74, 6) is 0.235. The fourth-order valence-corrected chi connectivity index (χ4v) is 4.74. The lowest BCUT2D eigenvalue weighted by atomic mass is 9.88. The molecule has 1 aromatic heterocycles. The van der Waals surface area contributed by atoms with Crippen LogP contribution in [0.5, 0.6) is 0 Å². The number of hydrogen-bond acceptors (Lipinski definition) is 5. The highest BCUT2D eigenvalue weighted by molar-refractivity contribution is 7.09. The van der Waals surface area contributed by atoms with E-state index in [1.165, 1.54) is 11.3 Å². The van der Waals surface area contributed by atoms with Crippen molar-refractivity contribution in [2.75, 3.05) is 19.6 Å². The van der Waals surface area contributed by atoms with Crippen LogP contribution in [0.15, 0.2) is 66.2 Å². The molecule has 3 aromatic rings. The van der Waals surface area contributed by atoms with E-state index in [9.17, 15) is 9.59 Å². The summed E-state index contributed by atoms with van der Waals surface area (Å²) in [6, 6.07) is 17.5. The monoisotopic (exact) mass is 433 g/mol. The Morgan fingerprint density at radius 3 is 2.45 bits per heavy atom. The Labute approximate surface area is 187 Å². The summed E-state index contributed by atoms with van der Waals surface area (Å²) in [5, 5.41) is 5.95. The van der Waals surface area contributed by atoms with Crippen molar-refractivity contribution in [2.24, 2.45) is 5.92 Å². The number of aryl methyl sites for hydroxylation is 1. The van der Waals surface area contributed by atoms with Crippen LogP contribution in [0.3, 0.4) is 0 Å². The van der Waals surface area contributed by atoms with Gasteiger partial charge in [-0.05, 0) is 38.4 Å². The first kappa shape index (κ1) is 21.4. The number of nitrogens with one attached hydrogen (secondary N) is 1. The number of ketones is 1. The third kappa shape index (κ3) is 5.46. The van der Waals surface area contributed by atoms with Crippen molar-refractivity contribution < 1.29 is 9.59 Å². The highest BCUT2D eigenvalue weighted by Crippen LogP contribution is 2.25. The number of amides is 1. The molecule has 1 saturated heterocycles. The van der Waals surface area contributed by atoms with Gasteiger partial charge < -0.3 is 5.32 Å². The third-order valence-corrected chi connectivity index (χ3v) is 6.64. The number of hydrogen-bond donors (Lipinski definition) is 1. The lowest BCUT2D eigenvalue weighted by molar-refractivity contribution is -0.123. The van der Waals surface area contributed by atoms with E-state index in [4.69, 9.17) is 0 Å². The minimum Gasteiger partial charge on any atom is -0.342 e. The first-order chi connectivity index (χ1) is 15.1. The number of Topliss-reactive ketones (excluding diaryl/α,β-unsaturated/α-hetero) is 1. The van der Waals surface area contributed by atoms with E-state index in [2.05, 4.69) is 15.2 Å². The van der Waals surface area contributed by atoms with Crippen LogP contribution in [0.25, 0.3) is 0 Å². The van der Waals surface area contributed by atoms with Gasteiger partial charge in [0.1, 0.15) is 11.0 Å². The molecule has 1 N–H and O–H groups in total. The summed E-state index contributed by atoms with van der Waals surface area (Å²) >= 11 is 1.54. The molecule has 0 radical (unpaired) electrons. The number of piperidine rings is 1. The molecular formula is C25H27N3O2S. The standard InChI is InChI=1S/C25H27N3O2S/c1-18-7-9-20(10-8-18)24(30)21-11-14-28(15-12-21)17-22(29)27-23(25-26-13-16-31-25)19-5-3-2-4-6-19/h2-10,13,16,21,23H,11-12,14-15,17H2,1H3,(H,27,29). The predicted octanol–water partition coefficient (Wildman–Crippen LogP) is 4.25. The van der Waals surface area contributed by atoms with Crippen LogP contribution in [0.2, 0.25) is 0 Å². The van der Waals surface area contributed by atoms with E-state index in [0.29, 0.717) is 6.54 Å². The van der Waals surface area contributed by atoms with E-state index < -0.39 is 0 Å². The summed E-state index contributed by atoms with van der Waals surface area (Å²) in [5.41, 5.74) is 2.97. The third-order valence-electron chi connectivity index (χ3n) is 5.80. The number of aromatic nitrogens is 1. The number of carbonyl (C=O) groups is 2. The Hall–Kier alpha value is -2.83. The van der Waals surface area contributed by atoms with E-state index in [-0.39, 0.29) is 23.7 Å². The second kappa shape index (κ2) is 9.98. The average molecular weight is 434 g/mol. The highest BCUT2D eigenvalue weighted by Gasteiger charge is 2.27. The van der Waals surface area contributed by atoms with Gasteiger partial charge in [0.25, 0.3) is 0 Å². The Morgan fingerprint density at radius 2 is 1.81 bits per heavy atom. The molecule has 1 atom stereocenters.